The van der Waals surface area contributed by atoms with E-state index in [0.717, 1.165) is 0 Å². The van der Waals surface area contributed by atoms with Gasteiger partial charge in [-0.1, -0.05) is 6.07 Å². The fourth-order valence-electron chi connectivity index (χ4n) is 1.98. The summed E-state index contributed by atoms with van der Waals surface area (Å²) in [5, 5.41) is 1.58. The highest BCUT2D eigenvalue weighted by Crippen LogP contribution is 2.22. The van der Waals surface area contributed by atoms with Crippen LogP contribution in [0.25, 0.3) is 21.7 Å². The summed E-state index contributed by atoms with van der Waals surface area (Å²) < 4.78 is 26.1. The van der Waals surface area contributed by atoms with E-state index in [-0.39, 0.29) is 5.39 Å². The number of nitrogens with one attached hydrogen (secondary N) is 1. The predicted octanol–water partition coefficient (Wildman–Crippen LogP) is 2.96. The summed E-state index contributed by atoms with van der Waals surface area (Å²) >= 11 is 0. The van der Waals surface area contributed by atoms with Gasteiger partial charge in [-0.05, 0) is 35.7 Å². The summed E-state index contributed by atoms with van der Waals surface area (Å²) in [7, 11) is 0. The van der Waals surface area contributed by atoms with E-state index in [2.05, 4.69) is 4.98 Å². The number of hydrogen-bond acceptors (Lipinski definition) is 1. The third-order valence-corrected chi connectivity index (χ3v) is 2.75. The lowest BCUT2D eigenvalue weighted by Crippen LogP contribution is -2.06. The van der Waals surface area contributed by atoms with Crippen LogP contribution in [0.1, 0.15) is 0 Å². The molecule has 2 nitrogen and oxygen atoms in total. The number of hydrogen-bond donors (Lipinski definition) is 1. The number of halogens is 2. The second-order valence-electron chi connectivity index (χ2n) is 3.83. The van der Waals surface area contributed by atoms with Gasteiger partial charge in [0.1, 0.15) is 11.6 Å². The van der Waals surface area contributed by atoms with E-state index in [1.54, 1.807) is 6.07 Å². The van der Waals surface area contributed by atoms with Gasteiger partial charge in [0.2, 0.25) is 0 Å². The molecule has 0 amide bonds. The van der Waals surface area contributed by atoms with Gasteiger partial charge in [0, 0.05) is 5.39 Å². The molecule has 0 saturated carbocycles. The van der Waals surface area contributed by atoms with Crippen LogP contribution in [0.5, 0.6) is 0 Å². The largest absolute Gasteiger partial charge is 0.321 e. The third kappa shape index (κ3) is 1.49. The average Bonchev–Trinajstić information content (AvgIpc) is 2.29. The van der Waals surface area contributed by atoms with Crippen molar-refractivity contribution in [3.8, 4) is 0 Å². The molecule has 2 aromatic carbocycles. The predicted molar refractivity (Wildman–Crippen MR) is 62.0 cm³/mol. The van der Waals surface area contributed by atoms with Crippen LogP contribution in [0.3, 0.4) is 0 Å². The van der Waals surface area contributed by atoms with Gasteiger partial charge < -0.3 is 4.98 Å². The second-order valence-corrected chi connectivity index (χ2v) is 3.83. The van der Waals surface area contributed by atoms with Gasteiger partial charge in [0.15, 0.2) is 0 Å². The zero-order chi connectivity index (χ0) is 12.0. The molecule has 4 heteroatoms. The van der Waals surface area contributed by atoms with Crippen LogP contribution in [-0.2, 0) is 0 Å². The first-order chi connectivity index (χ1) is 8.15. The summed E-state index contributed by atoms with van der Waals surface area (Å²) in [5.74, 6) is -0.890. The normalized spacial score (nSPS) is 11.2. The quantitative estimate of drug-likeness (QED) is 0.593. The summed E-state index contributed by atoms with van der Waals surface area (Å²) in [6, 6.07) is 8.12. The first kappa shape index (κ1) is 9.96. The lowest BCUT2D eigenvalue weighted by atomic mass is 10.1. The molecule has 0 atom stereocenters. The minimum atomic E-state index is -0.468. The molecule has 84 valence electrons. The highest BCUT2D eigenvalue weighted by molar-refractivity contribution is 6.05. The topological polar surface area (TPSA) is 32.9 Å². The van der Waals surface area contributed by atoms with Crippen LogP contribution in [0.4, 0.5) is 8.78 Å². The van der Waals surface area contributed by atoms with Crippen molar-refractivity contribution < 1.29 is 8.78 Å². The van der Waals surface area contributed by atoms with Gasteiger partial charge in [-0.15, -0.1) is 0 Å². The van der Waals surface area contributed by atoms with E-state index in [1.807, 2.05) is 0 Å². The van der Waals surface area contributed by atoms with Crippen LogP contribution < -0.4 is 5.56 Å². The molecule has 0 spiro atoms. The fourth-order valence-corrected chi connectivity index (χ4v) is 1.98. The van der Waals surface area contributed by atoms with E-state index < -0.39 is 17.2 Å². The standard InChI is InChI=1S/C13H7F2NO/c14-7-1-3-9-10-4-2-8(15)6-12(10)16-13(17)11(9)5-7/h1-6H,(H,16,17). The van der Waals surface area contributed by atoms with Crippen molar-refractivity contribution in [2.45, 2.75) is 0 Å². The molecule has 1 heterocycles. The number of rotatable bonds is 0. The monoisotopic (exact) mass is 231 g/mol. The van der Waals surface area contributed by atoms with Crippen molar-refractivity contribution in [1.29, 1.82) is 0 Å². The smallest absolute Gasteiger partial charge is 0.256 e. The van der Waals surface area contributed by atoms with Crippen LogP contribution in [0.2, 0.25) is 0 Å². The molecule has 17 heavy (non-hydrogen) atoms. The second kappa shape index (κ2) is 3.38. The molecular formula is C13H7F2NO. The van der Waals surface area contributed by atoms with Crippen molar-refractivity contribution in [3.63, 3.8) is 0 Å². The SMILES string of the molecule is O=c1[nH]c2cc(F)ccc2c2ccc(F)cc12. The van der Waals surface area contributed by atoms with Crippen molar-refractivity contribution >= 4 is 21.7 Å². The molecular weight excluding hydrogens is 224 g/mol. The van der Waals surface area contributed by atoms with E-state index in [0.29, 0.717) is 16.3 Å². The van der Waals surface area contributed by atoms with Crippen LogP contribution in [-0.4, -0.2) is 4.98 Å². The number of aromatic nitrogens is 1. The Morgan fingerprint density at radius 3 is 2.24 bits per heavy atom. The Balaban J connectivity index is 2.60. The maximum absolute atomic E-state index is 13.1. The summed E-state index contributed by atoms with van der Waals surface area (Å²) in [6.45, 7) is 0. The Kier molecular flexibility index (Phi) is 1.98. The molecule has 0 unspecified atom stereocenters. The molecule has 3 aromatic rings. The van der Waals surface area contributed by atoms with Gasteiger partial charge in [-0.3, -0.25) is 4.79 Å². The molecule has 0 aliphatic heterocycles. The van der Waals surface area contributed by atoms with Crippen molar-refractivity contribution in [1.82, 2.24) is 4.98 Å². The zero-order valence-corrected chi connectivity index (χ0v) is 8.63. The van der Waals surface area contributed by atoms with Gasteiger partial charge in [-0.25, -0.2) is 8.78 Å². The summed E-state index contributed by atoms with van der Waals surface area (Å²) in [5.41, 5.74) is -0.00768. The van der Waals surface area contributed by atoms with Gasteiger partial charge >= 0.3 is 0 Å². The number of benzene rings is 2. The number of aromatic amines is 1. The first-order valence-corrected chi connectivity index (χ1v) is 5.06. The van der Waals surface area contributed by atoms with Crippen LogP contribution in [0.15, 0.2) is 41.2 Å². The molecule has 0 radical (unpaired) electrons. The zero-order valence-electron chi connectivity index (χ0n) is 8.63. The van der Waals surface area contributed by atoms with Gasteiger partial charge in [0.25, 0.3) is 5.56 Å². The lowest BCUT2D eigenvalue weighted by molar-refractivity contribution is 0.628. The highest BCUT2D eigenvalue weighted by atomic mass is 19.1. The first-order valence-electron chi connectivity index (χ1n) is 5.06. The fraction of sp³-hybridized carbons (Fsp3) is 0. The minimum absolute atomic E-state index is 0.268. The van der Waals surface area contributed by atoms with E-state index in [9.17, 15) is 13.6 Å². The Bertz CT molecular complexity index is 792. The molecule has 0 fully saturated rings. The van der Waals surface area contributed by atoms with Crippen LogP contribution in [0, 0.1) is 11.6 Å². The Labute approximate surface area is 94.5 Å². The Hall–Kier alpha value is -2.23. The summed E-state index contributed by atoms with van der Waals surface area (Å²) in [6.07, 6.45) is 0. The van der Waals surface area contributed by atoms with Crippen LogP contribution >= 0.6 is 0 Å². The molecule has 3 rings (SSSR count). The number of H-pyrrole nitrogens is 1. The van der Waals surface area contributed by atoms with Gasteiger partial charge in [0.05, 0.1) is 10.9 Å². The molecule has 1 N–H and O–H groups in total. The van der Waals surface area contributed by atoms with Gasteiger partial charge in [-0.2, -0.15) is 0 Å². The minimum Gasteiger partial charge on any atom is -0.321 e. The number of pyridine rings is 1. The van der Waals surface area contributed by atoms with E-state index in [1.165, 1.54) is 30.3 Å². The molecule has 1 aromatic heterocycles. The summed E-state index contributed by atoms with van der Waals surface area (Å²) in [4.78, 5) is 14.3. The maximum Gasteiger partial charge on any atom is 0.256 e. The lowest BCUT2D eigenvalue weighted by Gasteiger charge is -2.03. The number of fused-ring (bicyclic) bond motifs is 3. The maximum atomic E-state index is 13.1. The molecule has 0 aliphatic carbocycles. The van der Waals surface area contributed by atoms with E-state index in [4.69, 9.17) is 0 Å². The molecule has 0 aliphatic rings. The molecule has 0 bridgehead atoms. The molecule has 0 saturated heterocycles. The Morgan fingerprint density at radius 2 is 1.47 bits per heavy atom. The van der Waals surface area contributed by atoms with Crippen molar-refractivity contribution in [2.24, 2.45) is 0 Å². The van der Waals surface area contributed by atoms with Crippen molar-refractivity contribution in [3.05, 3.63) is 58.4 Å². The Morgan fingerprint density at radius 1 is 0.824 bits per heavy atom. The van der Waals surface area contributed by atoms with Crippen molar-refractivity contribution in [2.75, 3.05) is 0 Å². The third-order valence-electron chi connectivity index (χ3n) is 2.75. The van der Waals surface area contributed by atoms with E-state index >= 15 is 0 Å². The average molecular weight is 231 g/mol. The highest BCUT2D eigenvalue weighted by Gasteiger charge is 2.06.